The van der Waals surface area contributed by atoms with Crippen LogP contribution in [0.2, 0.25) is 0 Å². The van der Waals surface area contributed by atoms with Crippen molar-refractivity contribution in [3.63, 3.8) is 0 Å². The smallest absolute Gasteiger partial charge is 0.171 e. The highest BCUT2D eigenvalue weighted by molar-refractivity contribution is 7.85. The SMILES string of the molecule is Cc1cccc(P(=O)(c2ccccc2)c2ccccc2)c1C. The third kappa shape index (κ3) is 2.42. The number of rotatable bonds is 3. The van der Waals surface area contributed by atoms with Crippen LogP contribution >= 0.6 is 7.14 Å². The monoisotopic (exact) mass is 306 g/mol. The molecule has 0 radical (unpaired) electrons. The fourth-order valence-corrected chi connectivity index (χ4v) is 5.76. The second kappa shape index (κ2) is 5.94. The van der Waals surface area contributed by atoms with Crippen molar-refractivity contribution in [2.75, 3.05) is 0 Å². The van der Waals surface area contributed by atoms with Gasteiger partial charge in [0.2, 0.25) is 0 Å². The highest BCUT2D eigenvalue weighted by Crippen LogP contribution is 2.43. The summed E-state index contributed by atoms with van der Waals surface area (Å²) in [6, 6.07) is 25.7. The summed E-state index contributed by atoms with van der Waals surface area (Å²) in [5, 5.41) is 2.70. The number of hydrogen-bond donors (Lipinski definition) is 0. The van der Waals surface area contributed by atoms with Gasteiger partial charge in [-0.15, -0.1) is 0 Å². The zero-order valence-electron chi connectivity index (χ0n) is 12.9. The van der Waals surface area contributed by atoms with Crippen LogP contribution in [0.5, 0.6) is 0 Å². The molecule has 0 spiro atoms. The zero-order chi connectivity index (χ0) is 15.6. The molecule has 0 aromatic heterocycles. The van der Waals surface area contributed by atoms with Crippen LogP contribution in [0.4, 0.5) is 0 Å². The molecule has 1 nitrogen and oxygen atoms in total. The minimum Gasteiger partial charge on any atom is -0.309 e. The molecule has 0 N–H and O–H groups in total. The summed E-state index contributed by atoms with van der Waals surface area (Å²) in [5.41, 5.74) is 2.28. The Bertz CT molecular complexity index is 779. The Balaban J connectivity index is 2.34. The molecule has 0 heterocycles. The molecule has 22 heavy (non-hydrogen) atoms. The fourth-order valence-electron chi connectivity index (χ4n) is 2.78. The van der Waals surface area contributed by atoms with Gasteiger partial charge in [-0.05, 0) is 25.0 Å². The Labute approximate surface area is 132 Å². The zero-order valence-corrected chi connectivity index (χ0v) is 13.8. The Kier molecular flexibility index (Phi) is 4.00. The molecule has 0 aliphatic heterocycles. The molecular weight excluding hydrogens is 287 g/mol. The molecule has 0 bridgehead atoms. The molecule has 2 heteroatoms. The Morgan fingerprint density at radius 3 is 1.64 bits per heavy atom. The first-order valence-corrected chi connectivity index (χ1v) is 9.13. The van der Waals surface area contributed by atoms with Gasteiger partial charge in [-0.2, -0.15) is 0 Å². The van der Waals surface area contributed by atoms with E-state index in [9.17, 15) is 4.57 Å². The Morgan fingerprint density at radius 2 is 1.14 bits per heavy atom. The quantitative estimate of drug-likeness (QED) is 0.670. The molecule has 0 saturated carbocycles. The van der Waals surface area contributed by atoms with Crippen LogP contribution in [0.25, 0.3) is 0 Å². The van der Waals surface area contributed by atoms with Crippen molar-refractivity contribution in [1.82, 2.24) is 0 Å². The van der Waals surface area contributed by atoms with Crippen molar-refractivity contribution in [3.8, 4) is 0 Å². The lowest BCUT2D eigenvalue weighted by Crippen LogP contribution is -2.27. The Hall–Kier alpha value is -2.11. The Morgan fingerprint density at radius 1 is 0.636 bits per heavy atom. The maximum atomic E-state index is 14.2. The second-order valence-electron chi connectivity index (χ2n) is 5.50. The van der Waals surface area contributed by atoms with Gasteiger partial charge in [-0.3, -0.25) is 0 Å². The topological polar surface area (TPSA) is 17.1 Å². The highest BCUT2D eigenvalue weighted by Gasteiger charge is 2.30. The molecular formula is C20H19OP. The van der Waals surface area contributed by atoms with E-state index in [0.717, 1.165) is 21.5 Å². The number of benzene rings is 3. The summed E-state index contributed by atoms with van der Waals surface area (Å²) < 4.78 is 14.2. The van der Waals surface area contributed by atoms with E-state index in [1.807, 2.05) is 72.8 Å². The van der Waals surface area contributed by atoms with E-state index in [1.54, 1.807) is 0 Å². The predicted molar refractivity (Wildman–Crippen MR) is 95.3 cm³/mol. The van der Waals surface area contributed by atoms with Gasteiger partial charge in [0, 0.05) is 15.9 Å². The first kappa shape index (κ1) is 14.8. The highest BCUT2D eigenvalue weighted by atomic mass is 31.2. The summed E-state index contributed by atoms with van der Waals surface area (Å²) in [7, 11) is -2.84. The summed E-state index contributed by atoms with van der Waals surface area (Å²) in [4.78, 5) is 0. The standard InChI is InChI=1S/C20H19OP/c1-16-10-9-15-20(17(16)2)22(21,18-11-5-3-6-12-18)19-13-7-4-8-14-19/h3-15H,1-2H3. The van der Waals surface area contributed by atoms with Crippen molar-refractivity contribution in [3.05, 3.63) is 90.0 Å². The largest absolute Gasteiger partial charge is 0.309 e. The van der Waals surface area contributed by atoms with Gasteiger partial charge in [0.25, 0.3) is 0 Å². The van der Waals surface area contributed by atoms with Crippen LogP contribution in [-0.4, -0.2) is 0 Å². The number of hydrogen-bond acceptors (Lipinski definition) is 1. The van der Waals surface area contributed by atoms with Crippen LogP contribution in [0.15, 0.2) is 78.9 Å². The maximum Gasteiger partial charge on any atom is 0.171 e. The molecule has 0 saturated heterocycles. The van der Waals surface area contributed by atoms with Crippen LogP contribution < -0.4 is 15.9 Å². The van der Waals surface area contributed by atoms with Crippen molar-refractivity contribution in [2.45, 2.75) is 13.8 Å². The van der Waals surface area contributed by atoms with Gasteiger partial charge in [0.05, 0.1) is 0 Å². The van der Waals surface area contributed by atoms with Gasteiger partial charge >= 0.3 is 0 Å². The van der Waals surface area contributed by atoms with Crippen molar-refractivity contribution < 1.29 is 4.57 Å². The van der Waals surface area contributed by atoms with Crippen molar-refractivity contribution in [1.29, 1.82) is 0 Å². The normalized spacial score (nSPS) is 11.4. The lowest BCUT2D eigenvalue weighted by atomic mass is 10.1. The lowest BCUT2D eigenvalue weighted by Gasteiger charge is -2.22. The van der Waals surface area contributed by atoms with Crippen LogP contribution in [0.3, 0.4) is 0 Å². The third-order valence-corrected chi connectivity index (χ3v) is 7.37. The van der Waals surface area contributed by atoms with E-state index in [4.69, 9.17) is 0 Å². The van der Waals surface area contributed by atoms with Crippen molar-refractivity contribution in [2.24, 2.45) is 0 Å². The van der Waals surface area contributed by atoms with Gasteiger partial charge in [-0.25, -0.2) is 0 Å². The van der Waals surface area contributed by atoms with Crippen LogP contribution in [0.1, 0.15) is 11.1 Å². The summed E-state index contributed by atoms with van der Waals surface area (Å²) in [5.74, 6) is 0. The summed E-state index contributed by atoms with van der Waals surface area (Å²) in [6.07, 6.45) is 0. The summed E-state index contributed by atoms with van der Waals surface area (Å²) in [6.45, 7) is 4.13. The lowest BCUT2D eigenvalue weighted by molar-refractivity contribution is 0.592. The van der Waals surface area contributed by atoms with Gasteiger partial charge in [0.1, 0.15) is 0 Å². The van der Waals surface area contributed by atoms with E-state index in [-0.39, 0.29) is 0 Å². The first-order chi connectivity index (χ1) is 10.6. The predicted octanol–water partition coefficient (Wildman–Crippen LogP) is 3.94. The molecule has 110 valence electrons. The molecule has 0 aliphatic rings. The minimum absolute atomic E-state index is 0.884. The van der Waals surface area contributed by atoms with E-state index in [0.29, 0.717) is 0 Å². The molecule has 3 aromatic carbocycles. The molecule has 0 unspecified atom stereocenters. The molecule has 3 aromatic rings. The van der Waals surface area contributed by atoms with Crippen LogP contribution in [0, 0.1) is 13.8 Å². The molecule has 0 amide bonds. The molecule has 3 rings (SSSR count). The fraction of sp³-hybridized carbons (Fsp3) is 0.100. The van der Waals surface area contributed by atoms with E-state index in [1.165, 1.54) is 5.56 Å². The van der Waals surface area contributed by atoms with Gasteiger partial charge < -0.3 is 4.57 Å². The van der Waals surface area contributed by atoms with Gasteiger partial charge in [-0.1, -0.05) is 78.9 Å². The average molecular weight is 306 g/mol. The van der Waals surface area contributed by atoms with Crippen molar-refractivity contribution >= 4 is 23.1 Å². The molecule has 0 fully saturated rings. The van der Waals surface area contributed by atoms with Gasteiger partial charge in [0.15, 0.2) is 7.14 Å². The first-order valence-electron chi connectivity index (χ1n) is 7.42. The second-order valence-corrected chi connectivity index (χ2v) is 8.23. The van der Waals surface area contributed by atoms with E-state index < -0.39 is 7.14 Å². The van der Waals surface area contributed by atoms with Crippen LogP contribution in [-0.2, 0) is 4.57 Å². The minimum atomic E-state index is -2.84. The summed E-state index contributed by atoms with van der Waals surface area (Å²) >= 11 is 0. The average Bonchev–Trinajstić information content (AvgIpc) is 2.58. The van der Waals surface area contributed by atoms with E-state index >= 15 is 0 Å². The molecule has 0 atom stereocenters. The number of aryl methyl sites for hydroxylation is 1. The van der Waals surface area contributed by atoms with E-state index in [2.05, 4.69) is 19.9 Å². The maximum absolute atomic E-state index is 14.2. The molecule has 0 aliphatic carbocycles. The third-order valence-electron chi connectivity index (χ3n) is 4.15.